The summed E-state index contributed by atoms with van der Waals surface area (Å²) in [6.07, 6.45) is 9.71. The third-order valence-electron chi connectivity index (χ3n) is 5.14. The summed E-state index contributed by atoms with van der Waals surface area (Å²) in [4.78, 5) is 17.7. The van der Waals surface area contributed by atoms with Crippen LogP contribution in [-0.2, 0) is 11.2 Å². The third-order valence-corrected chi connectivity index (χ3v) is 6.05. The molecular weight excluding hydrogens is 449 g/mol. The van der Waals surface area contributed by atoms with Crippen molar-refractivity contribution in [2.24, 2.45) is 0 Å². The number of nitriles is 1. The van der Waals surface area contributed by atoms with E-state index in [4.69, 9.17) is 4.74 Å². The van der Waals surface area contributed by atoms with Crippen molar-refractivity contribution < 1.29 is 13.9 Å². The van der Waals surface area contributed by atoms with Gasteiger partial charge in [0, 0.05) is 17.5 Å². The van der Waals surface area contributed by atoms with Gasteiger partial charge in [0.1, 0.15) is 23.2 Å². The van der Waals surface area contributed by atoms with Crippen molar-refractivity contribution in [3.63, 3.8) is 0 Å². The van der Waals surface area contributed by atoms with Crippen LogP contribution in [0.4, 0.5) is 9.52 Å². The van der Waals surface area contributed by atoms with Gasteiger partial charge in [-0.3, -0.25) is 10.1 Å². The first-order valence-electron chi connectivity index (χ1n) is 11.4. The standard InChI is InChI=1S/C27H28FN3O2S/c1-2-3-4-5-6-15-33-24-13-9-20(10-14-24)16-22(18-29)26(32)31-27-30-19-25(34-27)17-21-7-11-23(28)12-8-21/h7-14,16,19H,2-6,15,17H2,1H3,(H,30,31,32)/b22-16+. The molecule has 1 N–H and O–H groups in total. The van der Waals surface area contributed by atoms with Crippen LogP contribution >= 0.6 is 11.3 Å². The molecule has 1 heterocycles. The Hall–Kier alpha value is -3.50. The van der Waals surface area contributed by atoms with Gasteiger partial charge in [-0.2, -0.15) is 5.26 Å². The minimum atomic E-state index is -0.516. The van der Waals surface area contributed by atoms with Crippen LogP contribution in [0.15, 0.2) is 60.3 Å². The lowest BCUT2D eigenvalue weighted by molar-refractivity contribution is -0.112. The summed E-state index contributed by atoms with van der Waals surface area (Å²) in [6, 6.07) is 15.5. The minimum absolute atomic E-state index is 0.0140. The normalized spacial score (nSPS) is 11.1. The molecule has 3 aromatic rings. The molecule has 0 saturated carbocycles. The number of nitrogens with zero attached hydrogens (tertiary/aromatic N) is 2. The molecule has 0 fully saturated rings. The van der Waals surface area contributed by atoms with Gasteiger partial charge in [-0.05, 0) is 47.9 Å². The SMILES string of the molecule is CCCCCCCOc1ccc(/C=C(\C#N)C(=O)Nc2ncc(Cc3ccc(F)cc3)s2)cc1. The van der Waals surface area contributed by atoms with Crippen LogP contribution in [0, 0.1) is 17.1 Å². The maximum absolute atomic E-state index is 13.1. The van der Waals surface area contributed by atoms with Crippen molar-refractivity contribution in [3.8, 4) is 11.8 Å². The predicted molar refractivity (Wildman–Crippen MR) is 134 cm³/mol. The summed E-state index contributed by atoms with van der Waals surface area (Å²) in [7, 11) is 0. The van der Waals surface area contributed by atoms with Crippen LogP contribution in [-0.4, -0.2) is 17.5 Å². The summed E-state index contributed by atoms with van der Waals surface area (Å²) >= 11 is 1.32. The fourth-order valence-electron chi connectivity index (χ4n) is 3.29. The minimum Gasteiger partial charge on any atom is -0.494 e. The molecule has 34 heavy (non-hydrogen) atoms. The fourth-order valence-corrected chi connectivity index (χ4v) is 4.13. The molecule has 0 bridgehead atoms. The van der Waals surface area contributed by atoms with E-state index in [1.807, 2.05) is 30.3 Å². The maximum atomic E-state index is 13.1. The van der Waals surface area contributed by atoms with Crippen molar-refractivity contribution in [2.45, 2.75) is 45.4 Å². The van der Waals surface area contributed by atoms with Crippen molar-refractivity contribution in [3.05, 3.63) is 82.1 Å². The van der Waals surface area contributed by atoms with Gasteiger partial charge >= 0.3 is 0 Å². The first-order valence-corrected chi connectivity index (χ1v) is 12.2. The fraction of sp³-hybridized carbons (Fsp3) is 0.296. The van der Waals surface area contributed by atoms with Crippen LogP contribution in [0.3, 0.4) is 0 Å². The van der Waals surface area contributed by atoms with Crippen molar-refractivity contribution >= 4 is 28.5 Å². The van der Waals surface area contributed by atoms with Gasteiger partial charge < -0.3 is 4.74 Å². The molecule has 2 aromatic carbocycles. The Morgan fingerprint density at radius 1 is 1.12 bits per heavy atom. The van der Waals surface area contributed by atoms with E-state index < -0.39 is 5.91 Å². The number of nitrogens with one attached hydrogen (secondary N) is 1. The van der Waals surface area contributed by atoms with Crippen molar-refractivity contribution in [1.29, 1.82) is 5.26 Å². The van der Waals surface area contributed by atoms with Gasteiger partial charge in [0.15, 0.2) is 5.13 Å². The third kappa shape index (κ3) is 8.13. The summed E-state index contributed by atoms with van der Waals surface area (Å²) in [6.45, 7) is 2.88. The molecule has 1 amide bonds. The lowest BCUT2D eigenvalue weighted by Crippen LogP contribution is -2.13. The number of carbonyl (C=O) groups excluding carboxylic acids is 1. The van der Waals surface area contributed by atoms with Crippen LogP contribution in [0.25, 0.3) is 6.08 Å². The molecule has 0 atom stereocenters. The molecule has 3 rings (SSSR count). The molecular formula is C27H28FN3O2S. The number of halogens is 1. The molecule has 0 radical (unpaired) electrons. The maximum Gasteiger partial charge on any atom is 0.268 e. The zero-order valence-corrected chi connectivity index (χ0v) is 20.0. The van der Waals surface area contributed by atoms with E-state index in [-0.39, 0.29) is 11.4 Å². The van der Waals surface area contributed by atoms with E-state index in [2.05, 4.69) is 17.2 Å². The zero-order valence-electron chi connectivity index (χ0n) is 19.2. The second-order valence-electron chi connectivity index (χ2n) is 7.89. The first kappa shape index (κ1) is 25.1. The van der Waals surface area contributed by atoms with Crippen LogP contribution in [0.5, 0.6) is 5.75 Å². The Morgan fingerprint density at radius 3 is 2.56 bits per heavy atom. The number of anilines is 1. The van der Waals surface area contributed by atoms with Crippen molar-refractivity contribution in [1.82, 2.24) is 4.98 Å². The highest BCUT2D eigenvalue weighted by Gasteiger charge is 2.12. The number of hydrogen-bond acceptors (Lipinski definition) is 5. The zero-order chi connectivity index (χ0) is 24.2. The van der Waals surface area contributed by atoms with Gasteiger partial charge in [0.25, 0.3) is 5.91 Å². The van der Waals surface area contributed by atoms with E-state index in [1.165, 1.54) is 55.2 Å². The van der Waals surface area contributed by atoms with Gasteiger partial charge in [0.2, 0.25) is 0 Å². The van der Waals surface area contributed by atoms with Gasteiger partial charge in [0.05, 0.1) is 6.61 Å². The second-order valence-corrected chi connectivity index (χ2v) is 9.01. The Kier molecular flexibility index (Phi) is 9.80. The average molecular weight is 478 g/mol. The largest absolute Gasteiger partial charge is 0.494 e. The van der Waals surface area contributed by atoms with E-state index in [1.54, 1.807) is 18.3 Å². The van der Waals surface area contributed by atoms with E-state index in [0.29, 0.717) is 18.2 Å². The molecule has 0 aliphatic rings. The summed E-state index contributed by atoms with van der Waals surface area (Å²) < 4.78 is 18.8. The quantitative estimate of drug-likeness (QED) is 0.177. The molecule has 0 unspecified atom stereocenters. The number of amides is 1. The highest BCUT2D eigenvalue weighted by molar-refractivity contribution is 7.15. The number of thiazole rings is 1. The molecule has 1 aromatic heterocycles. The Labute approximate surface area is 203 Å². The molecule has 7 heteroatoms. The number of carbonyl (C=O) groups is 1. The lowest BCUT2D eigenvalue weighted by Gasteiger charge is -2.06. The molecule has 0 saturated heterocycles. The average Bonchev–Trinajstić information content (AvgIpc) is 3.28. The van der Waals surface area contributed by atoms with E-state index >= 15 is 0 Å². The highest BCUT2D eigenvalue weighted by atomic mass is 32.1. The van der Waals surface area contributed by atoms with Crippen LogP contribution in [0.2, 0.25) is 0 Å². The summed E-state index contributed by atoms with van der Waals surface area (Å²) in [5.74, 6) is -0.0264. The van der Waals surface area contributed by atoms with E-state index in [0.717, 1.165) is 28.2 Å². The molecule has 5 nitrogen and oxygen atoms in total. The molecule has 0 spiro atoms. The predicted octanol–water partition coefficient (Wildman–Crippen LogP) is 6.77. The van der Waals surface area contributed by atoms with Crippen molar-refractivity contribution in [2.75, 3.05) is 11.9 Å². The Balaban J connectivity index is 1.53. The first-order chi connectivity index (χ1) is 16.6. The van der Waals surface area contributed by atoms with E-state index in [9.17, 15) is 14.4 Å². The summed E-state index contributed by atoms with van der Waals surface area (Å²) in [5.41, 5.74) is 1.67. The number of hydrogen-bond donors (Lipinski definition) is 1. The smallest absolute Gasteiger partial charge is 0.268 e. The topological polar surface area (TPSA) is 75.0 Å². The lowest BCUT2D eigenvalue weighted by atomic mass is 10.1. The number of benzene rings is 2. The van der Waals surface area contributed by atoms with Gasteiger partial charge in [-0.25, -0.2) is 9.37 Å². The Morgan fingerprint density at radius 2 is 1.85 bits per heavy atom. The summed E-state index contributed by atoms with van der Waals surface area (Å²) in [5, 5.41) is 12.6. The molecule has 176 valence electrons. The number of unbranched alkanes of at least 4 members (excludes halogenated alkanes) is 4. The van der Waals surface area contributed by atoms with Crippen LogP contribution < -0.4 is 10.1 Å². The number of aromatic nitrogens is 1. The number of ether oxygens (including phenoxy) is 1. The molecule has 0 aliphatic heterocycles. The Bertz CT molecular complexity index is 1130. The highest BCUT2D eigenvalue weighted by Crippen LogP contribution is 2.22. The van der Waals surface area contributed by atoms with Crippen LogP contribution in [0.1, 0.15) is 55.0 Å². The number of rotatable bonds is 12. The molecule has 0 aliphatic carbocycles. The second kappa shape index (κ2) is 13.3. The monoisotopic (exact) mass is 477 g/mol. The van der Waals surface area contributed by atoms with Gasteiger partial charge in [-0.1, -0.05) is 56.9 Å². The van der Waals surface area contributed by atoms with Gasteiger partial charge in [-0.15, -0.1) is 11.3 Å².